The number of benzene rings is 2. The van der Waals surface area contributed by atoms with Crippen LogP contribution < -0.4 is 5.73 Å². The van der Waals surface area contributed by atoms with Crippen LogP contribution in [-0.4, -0.2) is 5.78 Å². The average Bonchev–Trinajstić information content (AvgIpc) is 2.46. The van der Waals surface area contributed by atoms with Crippen molar-refractivity contribution in [1.29, 1.82) is 0 Å². The van der Waals surface area contributed by atoms with Gasteiger partial charge in [0.15, 0.2) is 5.78 Å². The van der Waals surface area contributed by atoms with Gasteiger partial charge in [-0.2, -0.15) is 0 Å². The summed E-state index contributed by atoms with van der Waals surface area (Å²) in [6.45, 7) is 1.94. The van der Waals surface area contributed by atoms with Crippen molar-refractivity contribution in [2.24, 2.45) is 5.73 Å². The van der Waals surface area contributed by atoms with Gasteiger partial charge in [0.1, 0.15) is 11.6 Å². The number of ketones is 1. The van der Waals surface area contributed by atoms with Crippen molar-refractivity contribution in [3.8, 4) is 0 Å². The summed E-state index contributed by atoms with van der Waals surface area (Å²) < 4.78 is 26.5. The van der Waals surface area contributed by atoms with Crippen molar-refractivity contribution in [2.75, 3.05) is 0 Å². The molecule has 104 valence electrons. The summed E-state index contributed by atoms with van der Waals surface area (Å²) in [5, 5.41) is 0. The summed E-state index contributed by atoms with van der Waals surface area (Å²) in [5.74, 6) is -2.05. The van der Waals surface area contributed by atoms with Crippen LogP contribution in [-0.2, 0) is 0 Å². The lowest BCUT2D eigenvalue weighted by molar-refractivity contribution is 0.103. The van der Waals surface area contributed by atoms with Gasteiger partial charge < -0.3 is 5.73 Å². The van der Waals surface area contributed by atoms with E-state index in [1.165, 1.54) is 0 Å². The fourth-order valence-corrected chi connectivity index (χ4v) is 1.98. The van der Waals surface area contributed by atoms with Crippen LogP contribution in [0.3, 0.4) is 0 Å². The van der Waals surface area contributed by atoms with Gasteiger partial charge in [0.25, 0.3) is 0 Å². The van der Waals surface area contributed by atoms with E-state index in [-0.39, 0.29) is 11.6 Å². The molecule has 0 bridgehead atoms. The van der Waals surface area contributed by atoms with E-state index in [4.69, 9.17) is 5.73 Å². The molecule has 0 spiro atoms. The smallest absolute Gasteiger partial charge is 0.195 e. The minimum Gasteiger partial charge on any atom is -0.324 e. The van der Waals surface area contributed by atoms with Crippen molar-refractivity contribution in [1.82, 2.24) is 0 Å². The molecule has 0 fully saturated rings. The van der Waals surface area contributed by atoms with Gasteiger partial charge in [-0.05, 0) is 30.2 Å². The first kappa shape index (κ1) is 14.3. The summed E-state index contributed by atoms with van der Waals surface area (Å²) in [5.41, 5.74) is 6.94. The van der Waals surface area contributed by atoms with E-state index in [1.807, 2.05) is 13.0 Å². The Morgan fingerprint density at radius 3 is 2.60 bits per heavy atom. The van der Waals surface area contributed by atoms with E-state index in [0.717, 1.165) is 24.1 Å². The fourth-order valence-electron chi connectivity index (χ4n) is 1.98. The van der Waals surface area contributed by atoms with Gasteiger partial charge in [0.05, 0.1) is 5.56 Å². The number of rotatable bonds is 4. The van der Waals surface area contributed by atoms with Crippen LogP contribution in [0.4, 0.5) is 8.78 Å². The minimum absolute atomic E-state index is 0.145. The SMILES string of the molecule is CC[C@@H](N)c1cccc(C(=O)c2ccc(F)cc2F)c1. The van der Waals surface area contributed by atoms with Crippen LogP contribution in [0.15, 0.2) is 42.5 Å². The molecule has 0 heterocycles. The van der Waals surface area contributed by atoms with Crippen molar-refractivity contribution < 1.29 is 13.6 Å². The lowest BCUT2D eigenvalue weighted by Crippen LogP contribution is -2.11. The van der Waals surface area contributed by atoms with E-state index >= 15 is 0 Å². The fraction of sp³-hybridized carbons (Fsp3) is 0.188. The predicted octanol–water partition coefficient (Wildman–Crippen LogP) is 3.61. The maximum atomic E-state index is 13.6. The van der Waals surface area contributed by atoms with Crippen molar-refractivity contribution in [3.63, 3.8) is 0 Å². The highest BCUT2D eigenvalue weighted by molar-refractivity contribution is 6.09. The summed E-state index contributed by atoms with van der Waals surface area (Å²) in [4.78, 5) is 12.2. The molecule has 0 aromatic heterocycles. The molecule has 20 heavy (non-hydrogen) atoms. The highest BCUT2D eigenvalue weighted by Gasteiger charge is 2.15. The van der Waals surface area contributed by atoms with Crippen LogP contribution in [0.25, 0.3) is 0 Å². The zero-order chi connectivity index (χ0) is 14.7. The summed E-state index contributed by atoms with van der Waals surface area (Å²) >= 11 is 0. The van der Waals surface area contributed by atoms with Crippen LogP contribution in [0.2, 0.25) is 0 Å². The highest BCUT2D eigenvalue weighted by atomic mass is 19.1. The van der Waals surface area contributed by atoms with Crippen LogP contribution in [0, 0.1) is 11.6 Å². The Bertz CT molecular complexity index is 640. The number of carbonyl (C=O) groups is 1. The summed E-state index contributed by atoms with van der Waals surface area (Å²) in [6.07, 6.45) is 0.739. The van der Waals surface area contributed by atoms with Gasteiger partial charge in [-0.15, -0.1) is 0 Å². The van der Waals surface area contributed by atoms with E-state index < -0.39 is 17.4 Å². The van der Waals surface area contributed by atoms with Crippen LogP contribution >= 0.6 is 0 Å². The summed E-state index contributed by atoms with van der Waals surface area (Å²) in [7, 11) is 0. The molecule has 0 radical (unpaired) electrons. The largest absolute Gasteiger partial charge is 0.324 e. The molecule has 2 aromatic rings. The Morgan fingerprint density at radius 1 is 1.20 bits per heavy atom. The molecule has 2 rings (SSSR count). The zero-order valence-corrected chi connectivity index (χ0v) is 11.1. The Labute approximate surface area is 116 Å². The first-order valence-corrected chi connectivity index (χ1v) is 6.38. The topological polar surface area (TPSA) is 43.1 Å². The molecule has 2 aromatic carbocycles. The Balaban J connectivity index is 2.38. The third-order valence-corrected chi connectivity index (χ3v) is 3.19. The number of hydrogen-bond acceptors (Lipinski definition) is 2. The van der Waals surface area contributed by atoms with E-state index in [0.29, 0.717) is 11.6 Å². The lowest BCUT2D eigenvalue weighted by atomic mass is 9.97. The standard InChI is InChI=1S/C16H15F2NO/c1-2-15(19)10-4-3-5-11(8-10)16(20)13-7-6-12(17)9-14(13)18/h3-9,15H,2,19H2,1H3/t15-/m1/s1. The minimum atomic E-state index is -0.861. The molecule has 0 saturated heterocycles. The second-order valence-electron chi connectivity index (χ2n) is 4.59. The van der Waals surface area contributed by atoms with E-state index in [9.17, 15) is 13.6 Å². The maximum absolute atomic E-state index is 13.6. The quantitative estimate of drug-likeness (QED) is 0.866. The van der Waals surface area contributed by atoms with E-state index in [1.54, 1.807) is 18.2 Å². The Kier molecular flexibility index (Phi) is 4.25. The molecule has 0 amide bonds. The molecule has 0 aliphatic carbocycles. The normalized spacial score (nSPS) is 12.2. The first-order chi connectivity index (χ1) is 9.52. The van der Waals surface area contributed by atoms with E-state index in [2.05, 4.69) is 0 Å². The average molecular weight is 275 g/mol. The van der Waals surface area contributed by atoms with Gasteiger partial charge >= 0.3 is 0 Å². The third-order valence-electron chi connectivity index (χ3n) is 3.19. The van der Waals surface area contributed by atoms with Gasteiger partial charge in [-0.1, -0.05) is 25.1 Å². The second kappa shape index (κ2) is 5.92. The number of nitrogens with two attached hydrogens (primary N) is 1. The summed E-state index contributed by atoms with van der Waals surface area (Å²) in [6, 6.07) is 9.54. The lowest BCUT2D eigenvalue weighted by Gasteiger charge is -2.10. The molecule has 0 saturated carbocycles. The maximum Gasteiger partial charge on any atom is 0.195 e. The number of hydrogen-bond donors (Lipinski definition) is 1. The van der Waals surface area contributed by atoms with Crippen molar-refractivity contribution in [3.05, 3.63) is 70.8 Å². The second-order valence-corrected chi connectivity index (χ2v) is 4.59. The first-order valence-electron chi connectivity index (χ1n) is 6.38. The van der Waals surface area contributed by atoms with Gasteiger partial charge in [0, 0.05) is 17.7 Å². The molecule has 0 aliphatic heterocycles. The molecule has 4 heteroatoms. The predicted molar refractivity (Wildman–Crippen MR) is 73.5 cm³/mol. The number of carbonyl (C=O) groups excluding carboxylic acids is 1. The van der Waals surface area contributed by atoms with Crippen molar-refractivity contribution >= 4 is 5.78 Å². The number of halogens is 2. The van der Waals surface area contributed by atoms with Crippen LogP contribution in [0.1, 0.15) is 40.9 Å². The van der Waals surface area contributed by atoms with Gasteiger partial charge in [0.2, 0.25) is 0 Å². The molecule has 0 aliphatic rings. The monoisotopic (exact) mass is 275 g/mol. The van der Waals surface area contributed by atoms with Crippen LogP contribution in [0.5, 0.6) is 0 Å². The molecule has 2 nitrogen and oxygen atoms in total. The third kappa shape index (κ3) is 2.91. The molecular weight excluding hydrogens is 260 g/mol. The molecule has 2 N–H and O–H groups in total. The highest BCUT2D eigenvalue weighted by Crippen LogP contribution is 2.19. The Hall–Kier alpha value is -2.07. The molecule has 0 unspecified atom stereocenters. The molecule has 1 atom stereocenters. The zero-order valence-electron chi connectivity index (χ0n) is 11.1. The van der Waals surface area contributed by atoms with Gasteiger partial charge in [-0.25, -0.2) is 8.78 Å². The van der Waals surface area contributed by atoms with Crippen molar-refractivity contribution in [2.45, 2.75) is 19.4 Å². The molecular formula is C16H15F2NO. The Morgan fingerprint density at radius 2 is 1.95 bits per heavy atom. The van der Waals surface area contributed by atoms with Gasteiger partial charge in [-0.3, -0.25) is 4.79 Å².